The van der Waals surface area contributed by atoms with Crippen molar-refractivity contribution in [2.24, 2.45) is 0 Å². The summed E-state index contributed by atoms with van der Waals surface area (Å²) in [4.78, 5) is 29.1. The van der Waals surface area contributed by atoms with Gasteiger partial charge < -0.3 is 10.2 Å². The van der Waals surface area contributed by atoms with Gasteiger partial charge >= 0.3 is 0 Å². The Morgan fingerprint density at radius 3 is 3.05 bits per heavy atom. The first-order valence-corrected chi connectivity index (χ1v) is 7.42. The number of halogens is 1. The summed E-state index contributed by atoms with van der Waals surface area (Å²) >= 11 is 2.15. The second-order valence-corrected chi connectivity index (χ2v) is 5.70. The molecule has 0 atom stereocenters. The molecule has 0 spiro atoms. The van der Waals surface area contributed by atoms with Crippen molar-refractivity contribution < 1.29 is 9.59 Å². The average molecular weight is 373 g/mol. The first kappa shape index (κ1) is 14.2. The molecule has 1 aromatic rings. The van der Waals surface area contributed by atoms with Crippen molar-refractivity contribution in [3.8, 4) is 0 Å². The maximum atomic E-state index is 11.8. The van der Waals surface area contributed by atoms with Crippen molar-refractivity contribution >= 4 is 34.4 Å². The lowest BCUT2D eigenvalue weighted by atomic mass is 10.3. The van der Waals surface area contributed by atoms with Crippen molar-refractivity contribution in [3.63, 3.8) is 0 Å². The zero-order valence-electron chi connectivity index (χ0n) is 10.6. The Labute approximate surface area is 125 Å². The Morgan fingerprint density at radius 2 is 2.37 bits per heavy atom. The fourth-order valence-corrected chi connectivity index (χ4v) is 2.49. The SMILES string of the molecule is O=C(NCCCN1CCCC1=O)c1cc(I)ccn1. The Hall–Kier alpha value is -1.18. The second-order valence-electron chi connectivity index (χ2n) is 4.45. The molecule has 1 fully saturated rings. The molecule has 1 aliphatic heterocycles. The minimum atomic E-state index is -0.161. The summed E-state index contributed by atoms with van der Waals surface area (Å²) in [6.07, 6.45) is 4.03. The van der Waals surface area contributed by atoms with Crippen LogP contribution in [0.25, 0.3) is 0 Å². The molecule has 6 heteroatoms. The second kappa shape index (κ2) is 6.83. The standard InChI is InChI=1S/C13H16IN3O2/c14-10-4-6-15-11(9-10)13(19)16-5-2-8-17-7-1-3-12(17)18/h4,6,9H,1-3,5,7-8H2,(H,16,19). The summed E-state index contributed by atoms with van der Waals surface area (Å²) in [7, 11) is 0. The number of nitrogens with zero attached hydrogens (tertiary/aromatic N) is 2. The van der Waals surface area contributed by atoms with Crippen molar-refractivity contribution in [1.29, 1.82) is 0 Å². The number of aromatic nitrogens is 1. The molecule has 1 aliphatic rings. The molecule has 0 bridgehead atoms. The van der Waals surface area contributed by atoms with Crippen molar-refractivity contribution in [3.05, 3.63) is 27.6 Å². The van der Waals surface area contributed by atoms with E-state index in [4.69, 9.17) is 0 Å². The third-order valence-electron chi connectivity index (χ3n) is 3.02. The van der Waals surface area contributed by atoms with Gasteiger partial charge in [-0.1, -0.05) is 0 Å². The van der Waals surface area contributed by atoms with E-state index in [1.165, 1.54) is 0 Å². The molecular formula is C13H16IN3O2. The Morgan fingerprint density at radius 1 is 1.53 bits per heavy atom. The van der Waals surface area contributed by atoms with Gasteiger partial charge in [-0.15, -0.1) is 0 Å². The van der Waals surface area contributed by atoms with Crippen LogP contribution in [0.2, 0.25) is 0 Å². The highest BCUT2D eigenvalue weighted by atomic mass is 127. The van der Waals surface area contributed by atoms with E-state index in [0.29, 0.717) is 18.7 Å². The molecule has 5 nitrogen and oxygen atoms in total. The monoisotopic (exact) mass is 373 g/mol. The molecule has 0 radical (unpaired) electrons. The molecule has 2 heterocycles. The summed E-state index contributed by atoms with van der Waals surface area (Å²) in [5, 5.41) is 2.82. The fraction of sp³-hybridized carbons (Fsp3) is 0.462. The molecule has 1 aromatic heterocycles. The molecular weight excluding hydrogens is 357 g/mol. The quantitative estimate of drug-likeness (QED) is 0.628. The molecule has 0 aromatic carbocycles. The number of likely N-dealkylation sites (tertiary alicyclic amines) is 1. The van der Waals surface area contributed by atoms with E-state index in [9.17, 15) is 9.59 Å². The van der Waals surface area contributed by atoms with Crippen LogP contribution in [0.3, 0.4) is 0 Å². The van der Waals surface area contributed by atoms with Gasteiger partial charge in [0.2, 0.25) is 5.91 Å². The van der Waals surface area contributed by atoms with E-state index >= 15 is 0 Å². The molecule has 0 saturated carbocycles. The van der Waals surface area contributed by atoms with Gasteiger partial charge in [-0.05, 0) is 47.6 Å². The van der Waals surface area contributed by atoms with Crippen molar-refractivity contribution in [2.45, 2.75) is 19.3 Å². The van der Waals surface area contributed by atoms with Crippen LogP contribution in [-0.4, -0.2) is 41.3 Å². The first-order chi connectivity index (χ1) is 9.16. The molecule has 1 saturated heterocycles. The average Bonchev–Trinajstić information content (AvgIpc) is 2.80. The van der Waals surface area contributed by atoms with Gasteiger partial charge in [-0.25, -0.2) is 0 Å². The number of hydrogen-bond acceptors (Lipinski definition) is 3. The predicted molar refractivity (Wildman–Crippen MR) is 79.7 cm³/mol. The number of hydrogen-bond donors (Lipinski definition) is 1. The van der Waals surface area contributed by atoms with Gasteiger partial charge in [0.15, 0.2) is 0 Å². The third-order valence-corrected chi connectivity index (χ3v) is 3.69. The van der Waals surface area contributed by atoms with E-state index in [1.54, 1.807) is 12.3 Å². The Balaban J connectivity index is 1.71. The highest BCUT2D eigenvalue weighted by molar-refractivity contribution is 14.1. The topological polar surface area (TPSA) is 62.3 Å². The summed E-state index contributed by atoms with van der Waals surface area (Å²) in [6, 6.07) is 3.59. The molecule has 0 unspecified atom stereocenters. The van der Waals surface area contributed by atoms with Crippen LogP contribution < -0.4 is 5.32 Å². The van der Waals surface area contributed by atoms with Gasteiger partial charge in [0.1, 0.15) is 5.69 Å². The maximum absolute atomic E-state index is 11.8. The van der Waals surface area contributed by atoms with Crippen LogP contribution in [0.1, 0.15) is 29.8 Å². The van der Waals surface area contributed by atoms with Crippen LogP contribution in [0, 0.1) is 3.57 Å². The first-order valence-electron chi connectivity index (χ1n) is 6.34. The normalized spacial score (nSPS) is 14.8. The smallest absolute Gasteiger partial charge is 0.269 e. The van der Waals surface area contributed by atoms with Crippen LogP contribution in [0.15, 0.2) is 18.3 Å². The van der Waals surface area contributed by atoms with Gasteiger partial charge in [0.25, 0.3) is 5.91 Å². The molecule has 19 heavy (non-hydrogen) atoms. The number of rotatable bonds is 5. The van der Waals surface area contributed by atoms with E-state index in [0.717, 1.165) is 29.5 Å². The molecule has 2 amide bonds. The molecule has 102 valence electrons. The Kier molecular flexibility index (Phi) is 5.12. The maximum Gasteiger partial charge on any atom is 0.269 e. The van der Waals surface area contributed by atoms with E-state index in [-0.39, 0.29) is 11.8 Å². The number of nitrogens with one attached hydrogen (secondary N) is 1. The summed E-state index contributed by atoms with van der Waals surface area (Å²) in [5.74, 6) is 0.0665. The van der Waals surface area contributed by atoms with E-state index < -0.39 is 0 Å². The van der Waals surface area contributed by atoms with Crippen molar-refractivity contribution in [2.75, 3.05) is 19.6 Å². The number of amides is 2. The van der Waals surface area contributed by atoms with Gasteiger partial charge in [-0.3, -0.25) is 14.6 Å². The van der Waals surface area contributed by atoms with Crippen LogP contribution in [0.5, 0.6) is 0 Å². The van der Waals surface area contributed by atoms with Gasteiger partial charge in [0.05, 0.1) is 0 Å². The van der Waals surface area contributed by atoms with Crippen LogP contribution >= 0.6 is 22.6 Å². The lowest BCUT2D eigenvalue weighted by Crippen LogP contribution is -2.31. The van der Waals surface area contributed by atoms with E-state index in [2.05, 4.69) is 32.9 Å². The van der Waals surface area contributed by atoms with Crippen LogP contribution in [-0.2, 0) is 4.79 Å². The Bertz CT molecular complexity index is 479. The summed E-state index contributed by atoms with van der Waals surface area (Å²) in [6.45, 7) is 2.14. The molecule has 1 N–H and O–H groups in total. The zero-order valence-corrected chi connectivity index (χ0v) is 12.7. The molecule has 2 rings (SSSR count). The van der Waals surface area contributed by atoms with E-state index in [1.807, 2.05) is 11.0 Å². The number of pyridine rings is 1. The summed E-state index contributed by atoms with van der Waals surface area (Å²) in [5.41, 5.74) is 0.434. The number of carbonyl (C=O) groups excluding carboxylic acids is 2. The highest BCUT2D eigenvalue weighted by Crippen LogP contribution is 2.09. The highest BCUT2D eigenvalue weighted by Gasteiger charge is 2.19. The minimum absolute atomic E-state index is 0.161. The predicted octanol–water partition coefficient (Wildman–Crippen LogP) is 1.43. The third kappa shape index (κ3) is 4.15. The minimum Gasteiger partial charge on any atom is -0.351 e. The number of carbonyl (C=O) groups is 2. The van der Waals surface area contributed by atoms with Crippen molar-refractivity contribution in [1.82, 2.24) is 15.2 Å². The lowest BCUT2D eigenvalue weighted by Gasteiger charge is -2.15. The largest absolute Gasteiger partial charge is 0.351 e. The van der Waals surface area contributed by atoms with Gasteiger partial charge in [0, 0.05) is 35.8 Å². The lowest BCUT2D eigenvalue weighted by molar-refractivity contribution is -0.127. The van der Waals surface area contributed by atoms with Crippen LogP contribution in [0.4, 0.5) is 0 Å². The fourth-order valence-electron chi connectivity index (χ4n) is 2.03. The van der Waals surface area contributed by atoms with Gasteiger partial charge in [-0.2, -0.15) is 0 Å². The summed E-state index contributed by atoms with van der Waals surface area (Å²) < 4.78 is 0.986. The molecule has 0 aliphatic carbocycles. The zero-order chi connectivity index (χ0) is 13.7.